The normalized spacial score (nSPS) is 19.4. The molecule has 18 heavy (non-hydrogen) atoms. The molecule has 1 unspecified atom stereocenters. The maximum absolute atomic E-state index is 6.03. The van der Waals surface area contributed by atoms with E-state index in [9.17, 15) is 0 Å². The molecule has 1 aliphatic rings. The number of hydrogen-bond acceptors (Lipinski definition) is 4. The number of nitrogens with zero attached hydrogens (tertiary/aromatic N) is 2. The van der Waals surface area contributed by atoms with Crippen LogP contribution in [0.5, 0.6) is 0 Å². The topological polar surface area (TPSA) is 79.4 Å². The Morgan fingerprint density at radius 3 is 2.56 bits per heavy atom. The van der Waals surface area contributed by atoms with E-state index in [-0.39, 0.29) is 6.17 Å². The Morgan fingerprint density at radius 2 is 1.94 bits per heavy atom. The minimum absolute atomic E-state index is 0.0287. The summed E-state index contributed by atoms with van der Waals surface area (Å²) in [6.07, 6.45) is 1.91. The fourth-order valence-corrected chi connectivity index (χ4v) is 2.07. The van der Waals surface area contributed by atoms with E-state index in [1.54, 1.807) is 0 Å². The maximum atomic E-state index is 6.03. The molecule has 1 atom stereocenters. The van der Waals surface area contributed by atoms with Crippen molar-refractivity contribution in [2.24, 2.45) is 16.5 Å². The number of aryl methyl sites for hydroxylation is 1. The summed E-state index contributed by atoms with van der Waals surface area (Å²) >= 11 is 0. The lowest BCUT2D eigenvalue weighted by Crippen LogP contribution is -2.52. The van der Waals surface area contributed by atoms with E-state index in [4.69, 9.17) is 11.5 Å². The van der Waals surface area contributed by atoms with Gasteiger partial charge in [0.2, 0.25) is 0 Å². The van der Waals surface area contributed by atoms with Gasteiger partial charge >= 0.3 is 5.96 Å². The molecular formula is C13H20N5+. The van der Waals surface area contributed by atoms with E-state index >= 15 is 0 Å². The lowest BCUT2D eigenvalue weighted by atomic mass is 10.2. The van der Waals surface area contributed by atoms with Gasteiger partial charge in [-0.15, -0.1) is 0 Å². The lowest BCUT2D eigenvalue weighted by molar-refractivity contribution is -0.488. The van der Waals surface area contributed by atoms with Crippen LogP contribution in [0.1, 0.15) is 25.3 Å². The number of rotatable bonds is 3. The first-order valence-electron chi connectivity index (χ1n) is 6.20. The molecule has 5 N–H and O–H groups in total. The van der Waals surface area contributed by atoms with E-state index < -0.39 is 0 Å². The monoisotopic (exact) mass is 246 g/mol. The summed E-state index contributed by atoms with van der Waals surface area (Å²) < 4.78 is 1.99. The zero-order valence-electron chi connectivity index (χ0n) is 10.9. The van der Waals surface area contributed by atoms with Crippen molar-refractivity contribution in [2.45, 2.75) is 32.9 Å². The van der Waals surface area contributed by atoms with Gasteiger partial charge in [-0.05, 0) is 19.1 Å². The summed E-state index contributed by atoms with van der Waals surface area (Å²) in [5.41, 5.74) is 14.0. The van der Waals surface area contributed by atoms with Crippen molar-refractivity contribution >= 4 is 17.6 Å². The maximum Gasteiger partial charge on any atom is 0.357 e. The second-order valence-electron chi connectivity index (χ2n) is 4.50. The number of guanidine groups is 2. The Kier molecular flexibility index (Phi) is 3.50. The van der Waals surface area contributed by atoms with Crippen LogP contribution < -0.4 is 16.8 Å². The standard InChI is InChI=1S/C13H19N5/c1-3-4-11-16-12(14)17-13(15)18(11)10-7-5-9(2)6-8-10/h5-8,11H,3-4H2,1-2H3,(H4,14,15,16,17)/p+1. The largest absolute Gasteiger partial charge is 0.357 e. The Hall–Kier alpha value is -2.04. The predicted molar refractivity (Wildman–Crippen MR) is 73.7 cm³/mol. The molecule has 0 saturated carbocycles. The molecule has 96 valence electrons. The van der Waals surface area contributed by atoms with Gasteiger partial charge in [-0.2, -0.15) is 4.99 Å². The average molecular weight is 246 g/mol. The predicted octanol–water partition coefficient (Wildman–Crippen LogP) is 0.998. The van der Waals surface area contributed by atoms with E-state index in [0.29, 0.717) is 11.9 Å². The fraction of sp³-hybridized carbons (Fsp3) is 0.385. The first kappa shape index (κ1) is 12.4. The molecule has 0 fully saturated rings. The molecule has 1 aliphatic heterocycles. The summed E-state index contributed by atoms with van der Waals surface area (Å²) in [4.78, 5) is 4.41. The van der Waals surface area contributed by atoms with Gasteiger partial charge in [0, 0.05) is 6.42 Å². The van der Waals surface area contributed by atoms with Crippen LogP contribution in [-0.4, -0.2) is 22.7 Å². The molecule has 0 aliphatic carbocycles. The van der Waals surface area contributed by atoms with Crippen molar-refractivity contribution < 1.29 is 4.58 Å². The first-order valence-corrected chi connectivity index (χ1v) is 6.20. The number of benzene rings is 1. The van der Waals surface area contributed by atoms with E-state index in [2.05, 4.69) is 36.3 Å². The average Bonchev–Trinajstić information content (AvgIpc) is 2.31. The van der Waals surface area contributed by atoms with Crippen LogP contribution in [0.4, 0.5) is 5.69 Å². The summed E-state index contributed by atoms with van der Waals surface area (Å²) in [7, 11) is 0. The second-order valence-corrected chi connectivity index (χ2v) is 4.50. The third-order valence-corrected chi connectivity index (χ3v) is 2.96. The van der Waals surface area contributed by atoms with Gasteiger partial charge in [0.25, 0.3) is 5.96 Å². The third-order valence-electron chi connectivity index (χ3n) is 2.96. The van der Waals surface area contributed by atoms with Crippen molar-refractivity contribution in [1.82, 2.24) is 5.32 Å². The van der Waals surface area contributed by atoms with Crippen LogP contribution in [0.3, 0.4) is 0 Å². The van der Waals surface area contributed by atoms with Gasteiger partial charge < -0.3 is 5.73 Å². The number of nitrogens with one attached hydrogen (secondary N) is 1. The Balaban J connectivity index is 2.39. The third kappa shape index (κ3) is 2.45. The molecule has 5 nitrogen and oxygen atoms in total. The molecular weight excluding hydrogens is 226 g/mol. The van der Waals surface area contributed by atoms with Crippen LogP contribution in [0.15, 0.2) is 29.3 Å². The highest BCUT2D eigenvalue weighted by Gasteiger charge is 2.26. The highest BCUT2D eigenvalue weighted by atomic mass is 15.3. The van der Waals surface area contributed by atoms with Gasteiger partial charge in [0.05, 0.1) is 0 Å². The van der Waals surface area contributed by atoms with Gasteiger partial charge in [0.1, 0.15) is 5.69 Å². The second kappa shape index (κ2) is 5.08. The first-order chi connectivity index (χ1) is 8.61. The van der Waals surface area contributed by atoms with Crippen LogP contribution in [-0.2, 0) is 0 Å². The highest BCUT2D eigenvalue weighted by Crippen LogP contribution is 2.19. The summed E-state index contributed by atoms with van der Waals surface area (Å²) in [5, 5.41) is 2.88. The van der Waals surface area contributed by atoms with Crippen molar-refractivity contribution in [3.8, 4) is 0 Å². The van der Waals surface area contributed by atoms with Gasteiger partial charge in [-0.3, -0.25) is 5.73 Å². The van der Waals surface area contributed by atoms with Crippen molar-refractivity contribution in [3.63, 3.8) is 0 Å². The molecule has 0 spiro atoms. The van der Waals surface area contributed by atoms with E-state index in [0.717, 1.165) is 18.5 Å². The Morgan fingerprint density at radius 1 is 1.28 bits per heavy atom. The zero-order valence-corrected chi connectivity index (χ0v) is 10.9. The quantitative estimate of drug-likeness (QED) is 0.696. The highest BCUT2D eigenvalue weighted by molar-refractivity contribution is 5.96. The number of hydrogen-bond donors (Lipinski definition) is 3. The number of aliphatic imine (C=N–C) groups is 1. The summed E-state index contributed by atoms with van der Waals surface area (Å²) in [5.74, 6) is 0.916. The van der Waals surface area contributed by atoms with Gasteiger partial charge in [-0.1, -0.05) is 31.0 Å². The molecule has 0 radical (unpaired) electrons. The van der Waals surface area contributed by atoms with Crippen molar-refractivity contribution in [2.75, 3.05) is 0 Å². The van der Waals surface area contributed by atoms with Gasteiger partial charge in [0.15, 0.2) is 6.17 Å². The molecule has 1 aromatic carbocycles. The fourth-order valence-electron chi connectivity index (χ4n) is 2.07. The minimum Gasteiger partial charge on any atom is -0.357 e. The van der Waals surface area contributed by atoms with Crippen LogP contribution in [0, 0.1) is 6.92 Å². The lowest BCUT2D eigenvalue weighted by Gasteiger charge is -2.22. The van der Waals surface area contributed by atoms with Gasteiger partial charge in [-0.25, -0.2) is 9.89 Å². The SMILES string of the molecule is CCCC1N=C(N)NC(N)=[N+]1c1ccc(C)cc1. The molecule has 0 bridgehead atoms. The molecule has 2 rings (SSSR count). The van der Waals surface area contributed by atoms with E-state index in [1.165, 1.54) is 5.56 Å². The molecule has 0 saturated heterocycles. The molecule has 0 aromatic heterocycles. The van der Waals surface area contributed by atoms with Crippen LogP contribution in [0.2, 0.25) is 0 Å². The van der Waals surface area contributed by atoms with Crippen molar-refractivity contribution in [1.29, 1.82) is 0 Å². The Labute approximate surface area is 107 Å². The zero-order chi connectivity index (χ0) is 13.1. The van der Waals surface area contributed by atoms with E-state index in [1.807, 2.05) is 16.7 Å². The van der Waals surface area contributed by atoms with Crippen LogP contribution in [0.25, 0.3) is 0 Å². The summed E-state index contributed by atoms with van der Waals surface area (Å²) in [6.45, 7) is 4.18. The van der Waals surface area contributed by atoms with Crippen molar-refractivity contribution in [3.05, 3.63) is 29.8 Å². The smallest absolute Gasteiger partial charge is 0.357 e. The molecule has 1 heterocycles. The molecule has 5 heteroatoms. The molecule has 0 amide bonds. The minimum atomic E-state index is -0.0287. The number of nitrogens with two attached hydrogens (primary N) is 2. The Bertz CT molecular complexity index is 487. The van der Waals surface area contributed by atoms with Crippen LogP contribution >= 0.6 is 0 Å². The molecule has 1 aromatic rings. The summed E-state index contributed by atoms with van der Waals surface area (Å²) in [6, 6.07) is 8.22.